The number of fused-ring (bicyclic) bond motifs is 1. The third kappa shape index (κ3) is 2.09. The standard InChI is InChI=1S/C14H15FN2O/c15-14-2-1-9-7-16-4-3-12(9)13(14)8-17-10-5-11(18)6-10/h1-4,7,10-11,17-18H,5-6,8H2/t10-,11+. The summed E-state index contributed by atoms with van der Waals surface area (Å²) in [7, 11) is 0. The monoisotopic (exact) mass is 246 g/mol. The third-order valence-electron chi connectivity index (χ3n) is 3.56. The minimum Gasteiger partial charge on any atom is -0.393 e. The van der Waals surface area contributed by atoms with Crippen molar-refractivity contribution < 1.29 is 9.50 Å². The van der Waals surface area contributed by atoms with Gasteiger partial charge in [-0.05, 0) is 36.4 Å². The highest BCUT2D eigenvalue weighted by Gasteiger charge is 2.26. The summed E-state index contributed by atoms with van der Waals surface area (Å²) in [5, 5.41) is 14.3. The molecule has 18 heavy (non-hydrogen) atoms. The van der Waals surface area contributed by atoms with E-state index in [4.69, 9.17) is 0 Å². The van der Waals surface area contributed by atoms with Gasteiger partial charge in [0.05, 0.1) is 6.10 Å². The summed E-state index contributed by atoms with van der Waals surface area (Å²) < 4.78 is 13.9. The second-order valence-electron chi connectivity index (χ2n) is 4.83. The summed E-state index contributed by atoms with van der Waals surface area (Å²) in [6, 6.07) is 5.37. The summed E-state index contributed by atoms with van der Waals surface area (Å²) in [6.45, 7) is 0.491. The van der Waals surface area contributed by atoms with Gasteiger partial charge in [0.2, 0.25) is 0 Å². The molecule has 0 aliphatic heterocycles. The molecule has 1 saturated carbocycles. The minimum atomic E-state index is -0.193. The molecule has 1 fully saturated rings. The molecule has 1 heterocycles. The Morgan fingerprint density at radius 1 is 1.33 bits per heavy atom. The first kappa shape index (κ1) is 11.6. The number of hydrogen-bond donors (Lipinski definition) is 2. The van der Waals surface area contributed by atoms with Crippen LogP contribution in [-0.4, -0.2) is 22.2 Å². The van der Waals surface area contributed by atoms with E-state index in [1.807, 2.05) is 6.07 Å². The number of aliphatic hydroxyl groups excluding tert-OH is 1. The second kappa shape index (κ2) is 4.63. The molecule has 0 saturated heterocycles. The Labute approximate surface area is 105 Å². The van der Waals surface area contributed by atoms with Crippen LogP contribution >= 0.6 is 0 Å². The van der Waals surface area contributed by atoms with Crippen molar-refractivity contribution in [2.75, 3.05) is 0 Å². The number of nitrogens with zero attached hydrogens (tertiary/aromatic N) is 1. The van der Waals surface area contributed by atoms with Crippen LogP contribution in [0, 0.1) is 5.82 Å². The predicted octanol–water partition coefficient (Wildman–Crippen LogP) is 1.99. The fourth-order valence-electron chi connectivity index (χ4n) is 2.39. The third-order valence-corrected chi connectivity index (χ3v) is 3.56. The van der Waals surface area contributed by atoms with Gasteiger partial charge in [-0.1, -0.05) is 0 Å². The van der Waals surface area contributed by atoms with Gasteiger partial charge in [-0.15, -0.1) is 0 Å². The van der Waals surface area contributed by atoms with E-state index in [1.54, 1.807) is 18.5 Å². The first-order valence-corrected chi connectivity index (χ1v) is 6.16. The van der Waals surface area contributed by atoms with Crippen LogP contribution < -0.4 is 5.32 Å². The molecule has 3 nitrogen and oxygen atoms in total. The molecule has 0 bridgehead atoms. The van der Waals surface area contributed by atoms with Crippen LogP contribution in [0.4, 0.5) is 4.39 Å². The second-order valence-corrected chi connectivity index (χ2v) is 4.83. The number of nitrogens with one attached hydrogen (secondary N) is 1. The number of aromatic nitrogens is 1. The summed E-state index contributed by atoms with van der Waals surface area (Å²) in [6.07, 6.45) is 4.75. The lowest BCUT2D eigenvalue weighted by Gasteiger charge is -2.32. The maximum atomic E-state index is 13.9. The first-order chi connectivity index (χ1) is 8.74. The Hall–Kier alpha value is -1.52. The van der Waals surface area contributed by atoms with Crippen LogP contribution in [0.3, 0.4) is 0 Å². The lowest BCUT2D eigenvalue weighted by atomic mass is 9.89. The smallest absolute Gasteiger partial charge is 0.128 e. The van der Waals surface area contributed by atoms with Gasteiger partial charge in [-0.2, -0.15) is 0 Å². The normalized spacial score (nSPS) is 23.0. The highest BCUT2D eigenvalue weighted by Crippen LogP contribution is 2.23. The predicted molar refractivity (Wildman–Crippen MR) is 67.6 cm³/mol. The Bertz CT molecular complexity index is 567. The Kier molecular flexibility index (Phi) is 2.97. The van der Waals surface area contributed by atoms with Crippen LogP contribution in [0.2, 0.25) is 0 Å². The summed E-state index contributed by atoms with van der Waals surface area (Å²) in [5.74, 6) is -0.193. The van der Waals surface area contributed by atoms with Crippen molar-refractivity contribution >= 4 is 10.8 Å². The van der Waals surface area contributed by atoms with E-state index in [1.165, 1.54) is 6.07 Å². The Morgan fingerprint density at radius 2 is 2.17 bits per heavy atom. The Balaban J connectivity index is 1.83. The van der Waals surface area contributed by atoms with Gasteiger partial charge in [0.1, 0.15) is 5.82 Å². The van der Waals surface area contributed by atoms with Gasteiger partial charge in [0, 0.05) is 35.9 Å². The number of benzene rings is 1. The molecule has 2 N–H and O–H groups in total. The molecule has 3 rings (SSSR count). The van der Waals surface area contributed by atoms with Crippen LogP contribution in [0.25, 0.3) is 10.8 Å². The SMILES string of the molecule is O[C@H]1C[C@@H](NCc2c(F)ccc3cnccc23)C1. The summed E-state index contributed by atoms with van der Waals surface area (Å²) in [5.41, 5.74) is 0.677. The van der Waals surface area contributed by atoms with Gasteiger partial charge >= 0.3 is 0 Å². The first-order valence-electron chi connectivity index (χ1n) is 6.16. The van der Waals surface area contributed by atoms with Gasteiger partial charge in [0.25, 0.3) is 0 Å². The van der Waals surface area contributed by atoms with Crippen molar-refractivity contribution in [1.82, 2.24) is 10.3 Å². The average Bonchev–Trinajstić information content (AvgIpc) is 2.35. The van der Waals surface area contributed by atoms with Crippen molar-refractivity contribution in [2.45, 2.75) is 31.5 Å². The molecule has 0 atom stereocenters. The van der Waals surface area contributed by atoms with Crippen molar-refractivity contribution in [2.24, 2.45) is 0 Å². The van der Waals surface area contributed by atoms with E-state index in [0.29, 0.717) is 18.2 Å². The number of rotatable bonds is 3. The van der Waals surface area contributed by atoms with Crippen molar-refractivity contribution in [3.63, 3.8) is 0 Å². The molecule has 4 heteroatoms. The molecule has 0 radical (unpaired) electrons. The molecule has 1 aliphatic rings. The highest BCUT2D eigenvalue weighted by atomic mass is 19.1. The van der Waals surface area contributed by atoms with Crippen molar-refractivity contribution in [3.05, 3.63) is 42.0 Å². The zero-order valence-corrected chi connectivity index (χ0v) is 9.94. The van der Waals surface area contributed by atoms with E-state index in [0.717, 1.165) is 23.6 Å². The van der Waals surface area contributed by atoms with E-state index < -0.39 is 0 Å². The summed E-state index contributed by atoms with van der Waals surface area (Å²) in [4.78, 5) is 4.04. The van der Waals surface area contributed by atoms with Crippen molar-refractivity contribution in [3.8, 4) is 0 Å². The topological polar surface area (TPSA) is 45.1 Å². The van der Waals surface area contributed by atoms with Crippen LogP contribution in [0.1, 0.15) is 18.4 Å². The van der Waals surface area contributed by atoms with Crippen LogP contribution in [0.5, 0.6) is 0 Å². The van der Waals surface area contributed by atoms with Gasteiger partial charge in [0.15, 0.2) is 0 Å². The minimum absolute atomic E-state index is 0.191. The number of aliphatic hydroxyl groups is 1. The van der Waals surface area contributed by atoms with E-state index in [9.17, 15) is 9.50 Å². The summed E-state index contributed by atoms with van der Waals surface area (Å²) >= 11 is 0. The molecule has 2 aromatic rings. The number of halogens is 1. The zero-order chi connectivity index (χ0) is 12.5. The maximum absolute atomic E-state index is 13.9. The molecule has 0 amide bonds. The van der Waals surface area contributed by atoms with Gasteiger partial charge in [-0.3, -0.25) is 4.98 Å². The van der Waals surface area contributed by atoms with E-state index in [-0.39, 0.29) is 11.9 Å². The van der Waals surface area contributed by atoms with Crippen LogP contribution in [0.15, 0.2) is 30.6 Å². The lowest BCUT2D eigenvalue weighted by Crippen LogP contribution is -2.43. The average molecular weight is 246 g/mol. The fraction of sp³-hybridized carbons (Fsp3) is 0.357. The lowest BCUT2D eigenvalue weighted by molar-refractivity contribution is 0.0619. The fourth-order valence-corrected chi connectivity index (χ4v) is 2.39. The largest absolute Gasteiger partial charge is 0.393 e. The van der Waals surface area contributed by atoms with E-state index >= 15 is 0 Å². The molecular weight excluding hydrogens is 231 g/mol. The number of hydrogen-bond acceptors (Lipinski definition) is 3. The molecular formula is C14H15FN2O. The Morgan fingerprint density at radius 3 is 2.94 bits per heavy atom. The highest BCUT2D eigenvalue weighted by molar-refractivity contribution is 5.84. The molecule has 94 valence electrons. The maximum Gasteiger partial charge on any atom is 0.128 e. The quantitative estimate of drug-likeness (QED) is 0.870. The van der Waals surface area contributed by atoms with Crippen molar-refractivity contribution in [1.29, 1.82) is 0 Å². The molecule has 0 unspecified atom stereocenters. The molecule has 1 aromatic carbocycles. The molecule has 0 spiro atoms. The molecule has 1 aliphatic carbocycles. The van der Waals surface area contributed by atoms with E-state index in [2.05, 4.69) is 10.3 Å². The zero-order valence-electron chi connectivity index (χ0n) is 9.94. The molecule has 1 aromatic heterocycles. The van der Waals surface area contributed by atoms with Gasteiger partial charge in [-0.25, -0.2) is 4.39 Å². The van der Waals surface area contributed by atoms with Gasteiger partial charge < -0.3 is 10.4 Å². The number of pyridine rings is 1. The van der Waals surface area contributed by atoms with Crippen LogP contribution in [-0.2, 0) is 6.54 Å².